The van der Waals surface area contributed by atoms with E-state index in [1.807, 2.05) is 18.2 Å². The molecule has 0 fully saturated rings. The van der Waals surface area contributed by atoms with Gasteiger partial charge in [-0.05, 0) is 41.2 Å². The molecule has 4 rings (SSSR count). The van der Waals surface area contributed by atoms with Gasteiger partial charge in [-0.25, -0.2) is 9.37 Å². The molecule has 0 saturated carbocycles. The number of anilines is 5. The number of nitrogens with one attached hydrogen (secondary N) is 4. The summed E-state index contributed by atoms with van der Waals surface area (Å²) in [7, 11) is 0. The fourth-order valence-corrected chi connectivity index (χ4v) is 4.21. The number of nitriles is 1. The summed E-state index contributed by atoms with van der Waals surface area (Å²) in [6.45, 7) is 5.10. The van der Waals surface area contributed by atoms with Crippen LogP contribution in [-0.4, -0.2) is 22.4 Å². The number of para-hydroxylation sites is 1. The maximum absolute atomic E-state index is 14.7. The molecule has 36 heavy (non-hydrogen) atoms. The number of aromatic nitrogens is 2. The molecule has 2 heterocycles. The van der Waals surface area contributed by atoms with Crippen LogP contribution in [0.4, 0.5) is 33.2 Å². The van der Waals surface area contributed by atoms with Gasteiger partial charge >= 0.3 is 0 Å². The van der Waals surface area contributed by atoms with Crippen molar-refractivity contribution in [1.29, 1.82) is 5.26 Å². The monoisotopic (exact) mass is 507 g/mol. The average Bonchev–Trinajstić information content (AvgIpc) is 2.95. The largest absolute Gasteiger partial charge is 0.336 e. The molecule has 8 nitrogen and oxygen atoms in total. The number of carbonyl (C=O) groups excluding carboxylic acids is 1. The van der Waals surface area contributed by atoms with Gasteiger partial charge in [-0.1, -0.05) is 43.6 Å². The van der Waals surface area contributed by atoms with E-state index in [0.717, 1.165) is 17.7 Å². The predicted octanol–water partition coefficient (Wildman–Crippen LogP) is 5.77. The highest BCUT2D eigenvalue weighted by molar-refractivity contribution is 6.32. The Morgan fingerprint density at radius 2 is 2.08 bits per heavy atom. The van der Waals surface area contributed by atoms with Crippen molar-refractivity contribution < 1.29 is 9.18 Å². The fourth-order valence-electron chi connectivity index (χ4n) is 4.07. The first-order chi connectivity index (χ1) is 17.3. The lowest BCUT2D eigenvalue weighted by atomic mass is 9.80. The van der Waals surface area contributed by atoms with Gasteiger partial charge < -0.3 is 21.3 Å². The molecule has 1 amide bonds. The summed E-state index contributed by atoms with van der Waals surface area (Å²) in [5, 5.41) is 21.2. The van der Waals surface area contributed by atoms with E-state index in [1.54, 1.807) is 12.1 Å². The number of benzene rings is 2. The third-order valence-corrected chi connectivity index (χ3v) is 6.35. The number of amides is 1. The van der Waals surface area contributed by atoms with Gasteiger partial charge in [0.15, 0.2) is 5.82 Å². The number of nitrogens with zero attached hydrogens (tertiary/aromatic N) is 3. The summed E-state index contributed by atoms with van der Waals surface area (Å²) in [4.78, 5) is 20.9. The summed E-state index contributed by atoms with van der Waals surface area (Å²) in [5.74, 6) is 0.0201. The Labute approximate surface area is 214 Å². The zero-order valence-electron chi connectivity index (χ0n) is 20.1. The number of rotatable bonds is 8. The molecule has 186 valence electrons. The van der Waals surface area contributed by atoms with E-state index in [2.05, 4.69) is 51.2 Å². The minimum Gasteiger partial charge on any atom is -0.336 e. The van der Waals surface area contributed by atoms with Crippen LogP contribution in [0.2, 0.25) is 5.02 Å². The van der Waals surface area contributed by atoms with E-state index in [4.69, 9.17) is 16.9 Å². The van der Waals surface area contributed by atoms with Crippen molar-refractivity contribution in [2.45, 2.75) is 45.1 Å². The Bertz CT molecular complexity index is 1320. The fraction of sp³-hybridized carbons (Fsp3) is 0.308. The molecule has 0 aliphatic carbocycles. The molecule has 0 atom stereocenters. The van der Waals surface area contributed by atoms with Gasteiger partial charge in [0.2, 0.25) is 11.9 Å². The lowest BCUT2D eigenvalue weighted by molar-refractivity contribution is -0.116. The first-order valence-electron chi connectivity index (χ1n) is 11.6. The molecule has 10 heteroatoms. The zero-order chi connectivity index (χ0) is 25.7. The van der Waals surface area contributed by atoms with Crippen LogP contribution in [0.1, 0.15) is 44.2 Å². The summed E-state index contributed by atoms with van der Waals surface area (Å²) in [6, 6.07) is 12.6. The van der Waals surface area contributed by atoms with Gasteiger partial charge in [0.25, 0.3) is 0 Å². The van der Waals surface area contributed by atoms with Crippen molar-refractivity contribution in [3.63, 3.8) is 0 Å². The summed E-state index contributed by atoms with van der Waals surface area (Å²) in [6.07, 6.45) is 3.01. The number of hydrogen-bond donors (Lipinski definition) is 4. The second kappa shape index (κ2) is 10.9. The summed E-state index contributed by atoms with van der Waals surface area (Å²) < 4.78 is 14.7. The van der Waals surface area contributed by atoms with Crippen LogP contribution < -0.4 is 21.3 Å². The SMILES string of the molecule is CC1(C)CCC(=O)Nc2cc(Nc3ncc(Cl)c(Nc4c(F)cccc4CNCCC#N)n3)ccc21. The molecule has 0 radical (unpaired) electrons. The van der Waals surface area contributed by atoms with Crippen molar-refractivity contribution in [3.8, 4) is 6.07 Å². The third kappa shape index (κ3) is 5.90. The zero-order valence-corrected chi connectivity index (χ0v) is 20.8. The second-order valence-corrected chi connectivity index (χ2v) is 9.60. The Morgan fingerprint density at radius 3 is 2.89 bits per heavy atom. The van der Waals surface area contributed by atoms with Crippen LogP contribution in [-0.2, 0) is 16.8 Å². The molecule has 1 aliphatic heterocycles. The second-order valence-electron chi connectivity index (χ2n) is 9.19. The highest BCUT2D eigenvalue weighted by Crippen LogP contribution is 2.38. The molecule has 1 aromatic heterocycles. The summed E-state index contributed by atoms with van der Waals surface area (Å²) in [5.41, 5.74) is 3.27. The molecule has 2 aromatic carbocycles. The molecule has 0 bridgehead atoms. The van der Waals surface area contributed by atoms with E-state index in [1.165, 1.54) is 12.3 Å². The smallest absolute Gasteiger partial charge is 0.229 e. The predicted molar refractivity (Wildman–Crippen MR) is 139 cm³/mol. The first-order valence-corrected chi connectivity index (χ1v) is 12.0. The van der Waals surface area contributed by atoms with E-state index in [-0.39, 0.29) is 33.8 Å². The Balaban J connectivity index is 1.57. The highest BCUT2D eigenvalue weighted by Gasteiger charge is 2.28. The van der Waals surface area contributed by atoms with Gasteiger partial charge in [-0.3, -0.25) is 4.79 Å². The summed E-state index contributed by atoms with van der Waals surface area (Å²) >= 11 is 6.32. The van der Waals surface area contributed by atoms with Crippen LogP contribution >= 0.6 is 11.6 Å². The van der Waals surface area contributed by atoms with E-state index in [0.29, 0.717) is 37.2 Å². The highest BCUT2D eigenvalue weighted by atomic mass is 35.5. The van der Waals surface area contributed by atoms with Crippen molar-refractivity contribution >= 4 is 46.3 Å². The van der Waals surface area contributed by atoms with Crippen molar-refractivity contribution in [2.24, 2.45) is 0 Å². The minimum atomic E-state index is -0.456. The number of carbonyl (C=O) groups is 1. The van der Waals surface area contributed by atoms with E-state index >= 15 is 0 Å². The maximum Gasteiger partial charge on any atom is 0.229 e. The Morgan fingerprint density at radius 1 is 1.25 bits per heavy atom. The van der Waals surface area contributed by atoms with Crippen molar-refractivity contribution in [3.05, 3.63) is 64.6 Å². The lowest BCUT2D eigenvalue weighted by Crippen LogP contribution is -2.16. The maximum atomic E-state index is 14.7. The lowest BCUT2D eigenvalue weighted by Gasteiger charge is -2.25. The van der Waals surface area contributed by atoms with Gasteiger partial charge in [0.05, 0.1) is 18.0 Å². The van der Waals surface area contributed by atoms with Gasteiger partial charge in [-0.15, -0.1) is 0 Å². The number of fused-ring (bicyclic) bond motifs is 1. The molecular formula is C26H27ClFN7O. The quantitative estimate of drug-likeness (QED) is 0.286. The topological polar surface area (TPSA) is 115 Å². The normalized spacial score (nSPS) is 14.2. The minimum absolute atomic E-state index is 0.0176. The van der Waals surface area contributed by atoms with Gasteiger partial charge in [0.1, 0.15) is 10.8 Å². The molecule has 0 saturated heterocycles. The van der Waals surface area contributed by atoms with Crippen LogP contribution in [0, 0.1) is 17.1 Å². The molecular weight excluding hydrogens is 481 g/mol. The van der Waals surface area contributed by atoms with E-state index < -0.39 is 5.82 Å². The average molecular weight is 508 g/mol. The molecule has 3 aromatic rings. The molecule has 1 aliphatic rings. The van der Waals surface area contributed by atoms with Crippen LogP contribution in [0.25, 0.3) is 0 Å². The number of halogens is 2. The van der Waals surface area contributed by atoms with E-state index in [9.17, 15) is 9.18 Å². The van der Waals surface area contributed by atoms with Crippen molar-refractivity contribution in [2.75, 3.05) is 22.5 Å². The van der Waals surface area contributed by atoms with Crippen LogP contribution in [0.5, 0.6) is 0 Å². The standard InChI is InChI=1S/C26H27ClFN7O/c1-26(2)10-9-22(36)33-21-13-17(7-8-18(21)26)32-25-31-15-19(27)24(35-25)34-23-16(5-3-6-20(23)28)14-30-12-4-11-29/h3,5-8,13,15,30H,4,9-10,12,14H2,1-2H3,(H,33,36)(H2,31,32,34,35). The van der Waals surface area contributed by atoms with Crippen LogP contribution in [0.3, 0.4) is 0 Å². The molecule has 0 spiro atoms. The van der Waals surface area contributed by atoms with Gasteiger partial charge in [-0.2, -0.15) is 10.2 Å². The third-order valence-electron chi connectivity index (χ3n) is 6.07. The molecule has 0 unspecified atom stereocenters. The number of hydrogen-bond acceptors (Lipinski definition) is 7. The Kier molecular flexibility index (Phi) is 7.67. The Hall–Kier alpha value is -3.74. The van der Waals surface area contributed by atoms with Crippen LogP contribution in [0.15, 0.2) is 42.6 Å². The van der Waals surface area contributed by atoms with Gasteiger partial charge in [0, 0.05) is 37.3 Å². The molecule has 4 N–H and O–H groups in total. The van der Waals surface area contributed by atoms with Crippen molar-refractivity contribution in [1.82, 2.24) is 15.3 Å². The first kappa shape index (κ1) is 25.4.